The van der Waals surface area contributed by atoms with Crippen LogP contribution in [0.15, 0.2) is 0 Å². The number of carboxylic acid groups (broad SMARTS) is 3. The number of carbonyl (C=O) groups excluding carboxylic acids is 1. The number of carbonyl (C=O) groups is 4. The lowest BCUT2D eigenvalue weighted by atomic mass is 10.2. The van der Waals surface area contributed by atoms with Gasteiger partial charge in [-0.25, -0.2) is 0 Å². The molecule has 1 unspecified atom stereocenters. The second-order valence-electron chi connectivity index (χ2n) is 3.15. The van der Waals surface area contributed by atoms with Crippen LogP contribution in [-0.2, 0) is 19.2 Å². The lowest BCUT2D eigenvalue weighted by Crippen LogP contribution is -2.31. The average molecular weight is 296 g/mol. The largest absolute Gasteiger partial charge is 0.480 e. The zero-order valence-electron chi connectivity index (χ0n) is 10.7. The molecule has 0 aliphatic carbocycles. The SMILES string of the molecule is NC(=O)CCC(N)C(=O)O.NCC(=O)O.NCC(=O)O. The Morgan fingerprint density at radius 2 is 1.20 bits per heavy atom. The molecule has 20 heavy (non-hydrogen) atoms. The van der Waals surface area contributed by atoms with Crippen molar-refractivity contribution in [1.29, 1.82) is 0 Å². The zero-order chi connectivity index (χ0) is 16.7. The van der Waals surface area contributed by atoms with Crippen LogP contribution in [-0.4, -0.2) is 58.3 Å². The summed E-state index contributed by atoms with van der Waals surface area (Å²) >= 11 is 0. The Kier molecular flexibility index (Phi) is 17.0. The zero-order valence-corrected chi connectivity index (χ0v) is 10.7. The van der Waals surface area contributed by atoms with Gasteiger partial charge >= 0.3 is 17.9 Å². The van der Waals surface area contributed by atoms with Crippen molar-refractivity contribution >= 4 is 23.8 Å². The fourth-order valence-corrected chi connectivity index (χ4v) is 0.421. The monoisotopic (exact) mass is 296 g/mol. The van der Waals surface area contributed by atoms with Crippen molar-refractivity contribution in [2.45, 2.75) is 18.9 Å². The number of carboxylic acids is 3. The minimum Gasteiger partial charge on any atom is -0.480 e. The third-order valence-electron chi connectivity index (χ3n) is 1.37. The number of aliphatic carboxylic acids is 3. The van der Waals surface area contributed by atoms with Crippen molar-refractivity contribution in [1.82, 2.24) is 0 Å². The number of primary amides is 1. The Bertz CT molecular complexity index is 307. The van der Waals surface area contributed by atoms with E-state index in [1.807, 2.05) is 0 Å². The molecule has 0 heterocycles. The maximum atomic E-state index is 10.1. The molecule has 0 bridgehead atoms. The highest BCUT2D eigenvalue weighted by molar-refractivity contribution is 5.77. The van der Waals surface area contributed by atoms with Gasteiger partial charge in [-0.05, 0) is 6.42 Å². The Morgan fingerprint density at radius 3 is 1.35 bits per heavy atom. The van der Waals surface area contributed by atoms with Gasteiger partial charge in [0.05, 0.1) is 13.1 Å². The maximum absolute atomic E-state index is 10.1. The van der Waals surface area contributed by atoms with Crippen molar-refractivity contribution in [3.63, 3.8) is 0 Å². The molecule has 0 aromatic heterocycles. The molecule has 0 rings (SSSR count). The average Bonchev–Trinajstić information content (AvgIpc) is 2.36. The summed E-state index contributed by atoms with van der Waals surface area (Å²) in [5.41, 5.74) is 19.0. The van der Waals surface area contributed by atoms with E-state index in [4.69, 9.17) is 26.8 Å². The van der Waals surface area contributed by atoms with Crippen molar-refractivity contribution in [3.05, 3.63) is 0 Å². The summed E-state index contributed by atoms with van der Waals surface area (Å²) in [6.07, 6.45) is 0.123. The first-order chi connectivity index (χ1) is 9.08. The van der Waals surface area contributed by atoms with E-state index in [9.17, 15) is 19.2 Å². The predicted molar refractivity (Wildman–Crippen MR) is 67.4 cm³/mol. The normalized spacial score (nSPS) is 9.95. The number of rotatable bonds is 6. The van der Waals surface area contributed by atoms with E-state index in [1.165, 1.54) is 0 Å². The summed E-state index contributed by atoms with van der Waals surface area (Å²) in [6, 6.07) is -0.979. The molecule has 118 valence electrons. The Morgan fingerprint density at radius 1 is 0.900 bits per heavy atom. The summed E-state index contributed by atoms with van der Waals surface area (Å²) in [5.74, 6) is -3.58. The maximum Gasteiger partial charge on any atom is 0.320 e. The van der Waals surface area contributed by atoms with E-state index in [0.717, 1.165) is 0 Å². The van der Waals surface area contributed by atoms with Gasteiger partial charge in [0.1, 0.15) is 6.04 Å². The van der Waals surface area contributed by atoms with Gasteiger partial charge in [-0.15, -0.1) is 0 Å². The summed E-state index contributed by atoms with van der Waals surface area (Å²) in [7, 11) is 0. The highest BCUT2D eigenvalue weighted by Crippen LogP contribution is 1.92. The predicted octanol–water partition coefficient (Wildman–Crippen LogP) is -3.28. The van der Waals surface area contributed by atoms with E-state index in [1.54, 1.807) is 0 Å². The lowest BCUT2D eigenvalue weighted by Gasteiger charge is -2.01. The number of nitrogens with two attached hydrogens (primary N) is 4. The molecule has 0 radical (unpaired) electrons. The van der Waals surface area contributed by atoms with Crippen LogP contribution >= 0.6 is 0 Å². The third kappa shape index (κ3) is 29.7. The first-order valence-electron chi connectivity index (χ1n) is 5.18. The van der Waals surface area contributed by atoms with Crippen molar-refractivity contribution in [2.75, 3.05) is 13.1 Å². The third-order valence-corrected chi connectivity index (χ3v) is 1.37. The van der Waals surface area contributed by atoms with Crippen LogP contribution in [0, 0.1) is 0 Å². The summed E-state index contributed by atoms with van der Waals surface area (Å²) in [6.45, 7) is -0.556. The first-order valence-corrected chi connectivity index (χ1v) is 5.18. The van der Waals surface area contributed by atoms with Crippen LogP contribution in [0.2, 0.25) is 0 Å². The highest BCUT2D eigenvalue weighted by Gasteiger charge is 2.11. The minimum absolute atomic E-state index is 0.0213. The Hall–Kier alpha value is -2.24. The first kappa shape index (κ1) is 22.9. The van der Waals surface area contributed by atoms with Gasteiger partial charge < -0.3 is 38.3 Å². The molecule has 11 N–H and O–H groups in total. The van der Waals surface area contributed by atoms with Crippen molar-refractivity contribution < 1.29 is 34.5 Å². The van der Waals surface area contributed by atoms with Gasteiger partial charge in [0.25, 0.3) is 0 Å². The lowest BCUT2D eigenvalue weighted by molar-refractivity contribution is -0.139. The number of amides is 1. The second-order valence-corrected chi connectivity index (χ2v) is 3.15. The van der Waals surface area contributed by atoms with E-state index < -0.39 is 29.9 Å². The van der Waals surface area contributed by atoms with Crippen molar-refractivity contribution in [2.24, 2.45) is 22.9 Å². The molecule has 1 atom stereocenters. The molecule has 0 saturated carbocycles. The van der Waals surface area contributed by atoms with Gasteiger partial charge in [-0.3, -0.25) is 19.2 Å². The molecule has 11 nitrogen and oxygen atoms in total. The molecule has 0 aliphatic heterocycles. The van der Waals surface area contributed by atoms with E-state index in [-0.39, 0.29) is 25.9 Å². The second kappa shape index (κ2) is 14.8. The summed E-state index contributed by atoms with van der Waals surface area (Å²) in [4.78, 5) is 38.6. The van der Waals surface area contributed by atoms with Gasteiger partial charge in [0.2, 0.25) is 5.91 Å². The smallest absolute Gasteiger partial charge is 0.320 e. The van der Waals surface area contributed by atoms with E-state index in [0.29, 0.717) is 0 Å². The summed E-state index contributed by atoms with van der Waals surface area (Å²) < 4.78 is 0. The van der Waals surface area contributed by atoms with Gasteiger partial charge in [0, 0.05) is 6.42 Å². The van der Waals surface area contributed by atoms with Gasteiger partial charge in [0.15, 0.2) is 0 Å². The molecule has 0 saturated heterocycles. The Balaban J connectivity index is -0.000000244. The van der Waals surface area contributed by atoms with Gasteiger partial charge in [-0.2, -0.15) is 0 Å². The van der Waals surface area contributed by atoms with Crippen LogP contribution in [0.25, 0.3) is 0 Å². The highest BCUT2D eigenvalue weighted by atomic mass is 16.4. The van der Waals surface area contributed by atoms with Crippen LogP contribution in [0.3, 0.4) is 0 Å². The fraction of sp³-hybridized carbons (Fsp3) is 0.556. The molecular formula is C9H20N4O7. The van der Waals surface area contributed by atoms with Gasteiger partial charge in [-0.1, -0.05) is 0 Å². The number of hydrogen-bond donors (Lipinski definition) is 7. The van der Waals surface area contributed by atoms with Crippen LogP contribution in [0.4, 0.5) is 0 Å². The quantitative estimate of drug-likeness (QED) is 0.258. The minimum atomic E-state index is -1.11. The van der Waals surface area contributed by atoms with Crippen molar-refractivity contribution in [3.8, 4) is 0 Å². The van der Waals surface area contributed by atoms with Crippen LogP contribution in [0.5, 0.6) is 0 Å². The van der Waals surface area contributed by atoms with Crippen LogP contribution < -0.4 is 22.9 Å². The molecule has 0 fully saturated rings. The molecule has 1 amide bonds. The topological polar surface area (TPSA) is 233 Å². The summed E-state index contributed by atoms with van der Waals surface area (Å²) in [5, 5.41) is 23.4. The molecular weight excluding hydrogens is 276 g/mol. The molecule has 0 spiro atoms. The molecule has 11 heteroatoms. The van der Waals surface area contributed by atoms with E-state index >= 15 is 0 Å². The molecule has 0 aromatic rings. The molecule has 0 aromatic carbocycles. The standard InChI is InChI=1S/C5H10N2O3.2C2H5NO2/c6-3(5(9)10)1-2-4(7)8;2*3-1-2(4)5/h3H,1-2,6H2,(H2,7,8)(H,9,10);2*1,3H2,(H,4,5). The molecule has 0 aliphatic rings. The Labute approximate surface area is 114 Å². The number of hydrogen-bond acceptors (Lipinski definition) is 7. The van der Waals surface area contributed by atoms with E-state index in [2.05, 4.69) is 11.5 Å². The fourth-order valence-electron chi connectivity index (χ4n) is 0.421. The van der Waals surface area contributed by atoms with Crippen LogP contribution in [0.1, 0.15) is 12.8 Å².